The van der Waals surface area contributed by atoms with Crippen molar-refractivity contribution in [3.8, 4) is 0 Å². The Morgan fingerprint density at radius 1 is 1.50 bits per heavy atom. The Hall–Kier alpha value is -0.910. The van der Waals surface area contributed by atoms with Gasteiger partial charge in [-0.15, -0.1) is 0 Å². The summed E-state index contributed by atoms with van der Waals surface area (Å²) >= 11 is 3.44. The Morgan fingerprint density at radius 3 is 2.95 bits per heavy atom. The van der Waals surface area contributed by atoms with Crippen molar-refractivity contribution in [1.82, 2.24) is 10.6 Å². The van der Waals surface area contributed by atoms with E-state index in [2.05, 4.69) is 26.6 Å². The molecule has 1 aromatic carbocycles. The Bertz CT molecular complexity index is 447. The van der Waals surface area contributed by atoms with Crippen LogP contribution in [-0.4, -0.2) is 31.7 Å². The maximum Gasteiger partial charge on any atom is 0.246 e. The molecule has 2 N–H and O–H groups in total. The summed E-state index contributed by atoms with van der Waals surface area (Å²) in [6, 6.07) is 7.94. The summed E-state index contributed by atoms with van der Waals surface area (Å²) < 4.78 is 6.66. The monoisotopic (exact) mass is 340 g/mol. The fraction of sp³-hybridized carbons (Fsp3) is 0.533. The standard InChI is InChI=1S/C15H21BrN2O2/c1-11(12-3-2-4-13(16)9-12)18-15(19)10-20-14-5-7-17-8-6-14/h2-4,9,11,14,17H,5-8,10H2,1H3,(H,18,19)/t11-/m0/s1. The molecule has 0 saturated carbocycles. The van der Waals surface area contributed by atoms with Gasteiger partial charge in [0, 0.05) is 4.47 Å². The fourth-order valence-electron chi connectivity index (χ4n) is 2.30. The molecule has 0 radical (unpaired) electrons. The van der Waals surface area contributed by atoms with Gasteiger partial charge in [0.25, 0.3) is 0 Å². The van der Waals surface area contributed by atoms with Gasteiger partial charge in [0.05, 0.1) is 12.1 Å². The van der Waals surface area contributed by atoms with Crippen LogP contribution in [-0.2, 0) is 9.53 Å². The lowest BCUT2D eigenvalue weighted by Crippen LogP contribution is -2.36. The Balaban J connectivity index is 1.76. The normalized spacial score (nSPS) is 17.7. The second-order valence-corrected chi connectivity index (χ2v) is 6.02. The third kappa shape index (κ3) is 4.89. The zero-order valence-electron chi connectivity index (χ0n) is 11.7. The van der Waals surface area contributed by atoms with Gasteiger partial charge in [-0.3, -0.25) is 4.79 Å². The largest absolute Gasteiger partial charge is 0.368 e. The number of piperidine rings is 1. The molecule has 110 valence electrons. The first-order valence-electron chi connectivity index (χ1n) is 7.02. The summed E-state index contributed by atoms with van der Waals surface area (Å²) in [5, 5.41) is 6.24. The number of ether oxygens (including phenoxy) is 1. The molecule has 1 atom stereocenters. The van der Waals surface area contributed by atoms with Gasteiger partial charge in [-0.05, 0) is 50.6 Å². The maximum atomic E-state index is 11.9. The van der Waals surface area contributed by atoms with E-state index in [-0.39, 0.29) is 24.7 Å². The van der Waals surface area contributed by atoms with Gasteiger partial charge in [-0.1, -0.05) is 28.1 Å². The molecule has 1 fully saturated rings. The van der Waals surface area contributed by atoms with Gasteiger partial charge in [-0.2, -0.15) is 0 Å². The van der Waals surface area contributed by atoms with Gasteiger partial charge in [0.15, 0.2) is 0 Å². The van der Waals surface area contributed by atoms with Crippen LogP contribution in [0.1, 0.15) is 31.4 Å². The summed E-state index contributed by atoms with van der Waals surface area (Å²) in [7, 11) is 0. The quantitative estimate of drug-likeness (QED) is 0.865. The highest BCUT2D eigenvalue weighted by atomic mass is 79.9. The molecule has 0 aromatic heterocycles. The zero-order chi connectivity index (χ0) is 14.4. The molecule has 0 spiro atoms. The molecule has 5 heteroatoms. The van der Waals surface area contributed by atoms with E-state index in [9.17, 15) is 4.79 Å². The number of amides is 1. The molecule has 20 heavy (non-hydrogen) atoms. The predicted molar refractivity (Wildman–Crippen MR) is 82.5 cm³/mol. The molecule has 1 saturated heterocycles. The van der Waals surface area contributed by atoms with Crippen LogP contribution in [0.2, 0.25) is 0 Å². The van der Waals surface area contributed by atoms with Gasteiger partial charge in [0.2, 0.25) is 5.91 Å². The zero-order valence-corrected chi connectivity index (χ0v) is 13.3. The number of carbonyl (C=O) groups excluding carboxylic acids is 1. The first-order valence-corrected chi connectivity index (χ1v) is 7.81. The third-order valence-corrected chi connectivity index (χ3v) is 3.96. The summed E-state index contributed by atoms with van der Waals surface area (Å²) in [5.74, 6) is -0.0593. The van der Waals surface area contributed by atoms with Crippen molar-refractivity contribution < 1.29 is 9.53 Å². The van der Waals surface area contributed by atoms with Crippen LogP contribution in [0.25, 0.3) is 0 Å². The number of carbonyl (C=O) groups is 1. The van der Waals surface area contributed by atoms with E-state index in [1.165, 1.54) is 0 Å². The third-order valence-electron chi connectivity index (χ3n) is 3.46. The van der Waals surface area contributed by atoms with Crippen molar-refractivity contribution in [2.75, 3.05) is 19.7 Å². The van der Waals surface area contributed by atoms with Crippen LogP contribution >= 0.6 is 15.9 Å². The average Bonchev–Trinajstić information content (AvgIpc) is 2.46. The number of hydrogen-bond acceptors (Lipinski definition) is 3. The molecule has 1 aliphatic heterocycles. The minimum atomic E-state index is -0.0593. The van der Waals surface area contributed by atoms with Gasteiger partial charge < -0.3 is 15.4 Å². The Morgan fingerprint density at radius 2 is 2.25 bits per heavy atom. The smallest absolute Gasteiger partial charge is 0.246 e. The summed E-state index contributed by atoms with van der Waals surface area (Å²) in [6.45, 7) is 4.06. The summed E-state index contributed by atoms with van der Waals surface area (Å²) in [4.78, 5) is 11.9. The SMILES string of the molecule is C[C@H](NC(=O)COC1CCNCC1)c1cccc(Br)c1. The molecule has 2 rings (SSSR count). The number of benzene rings is 1. The van der Waals surface area contributed by atoms with Crippen molar-refractivity contribution in [2.45, 2.75) is 31.9 Å². The number of hydrogen-bond donors (Lipinski definition) is 2. The lowest BCUT2D eigenvalue weighted by Gasteiger charge is -2.23. The van der Waals surface area contributed by atoms with Crippen molar-refractivity contribution in [3.63, 3.8) is 0 Å². The lowest BCUT2D eigenvalue weighted by atomic mass is 10.1. The first-order chi connectivity index (χ1) is 9.65. The van der Waals surface area contributed by atoms with E-state index in [0.29, 0.717) is 0 Å². The van der Waals surface area contributed by atoms with E-state index in [4.69, 9.17) is 4.74 Å². The van der Waals surface area contributed by atoms with E-state index in [1.54, 1.807) is 0 Å². The van der Waals surface area contributed by atoms with Gasteiger partial charge in [0.1, 0.15) is 6.61 Å². The number of halogens is 1. The molecular weight excluding hydrogens is 320 g/mol. The Kier molecular flexibility index (Phi) is 6.01. The second kappa shape index (κ2) is 7.76. The van der Waals surface area contributed by atoms with E-state index >= 15 is 0 Å². The molecule has 0 bridgehead atoms. The fourth-order valence-corrected chi connectivity index (χ4v) is 2.71. The number of rotatable bonds is 5. The molecule has 0 aliphatic carbocycles. The molecule has 1 aromatic rings. The van der Waals surface area contributed by atoms with Crippen LogP contribution < -0.4 is 10.6 Å². The first kappa shape index (κ1) is 15.5. The van der Waals surface area contributed by atoms with E-state index in [1.807, 2.05) is 31.2 Å². The minimum absolute atomic E-state index is 0.0170. The number of nitrogens with one attached hydrogen (secondary N) is 2. The Labute approximate surface area is 128 Å². The average molecular weight is 341 g/mol. The topological polar surface area (TPSA) is 50.4 Å². The van der Waals surface area contributed by atoms with Crippen LogP contribution in [0.4, 0.5) is 0 Å². The van der Waals surface area contributed by atoms with Crippen molar-refractivity contribution in [1.29, 1.82) is 0 Å². The highest BCUT2D eigenvalue weighted by Crippen LogP contribution is 2.17. The molecule has 1 heterocycles. The summed E-state index contributed by atoms with van der Waals surface area (Å²) in [6.07, 6.45) is 2.17. The second-order valence-electron chi connectivity index (χ2n) is 5.10. The van der Waals surface area contributed by atoms with Crippen molar-refractivity contribution >= 4 is 21.8 Å². The van der Waals surface area contributed by atoms with Crippen molar-refractivity contribution in [3.05, 3.63) is 34.3 Å². The van der Waals surface area contributed by atoms with Crippen LogP contribution in [0.5, 0.6) is 0 Å². The molecular formula is C15H21BrN2O2. The minimum Gasteiger partial charge on any atom is -0.368 e. The molecule has 0 unspecified atom stereocenters. The van der Waals surface area contributed by atoms with Crippen molar-refractivity contribution in [2.24, 2.45) is 0 Å². The van der Waals surface area contributed by atoms with Crippen LogP contribution in [0.3, 0.4) is 0 Å². The van der Waals surface area contributed by atoms with E-state index in [0.717, 1.165) is 36.0 Å². The lowest BCUT2D eigenvalue weighted by molar-refractivity contribution is -0.128. The van der Waals surface area contributed by atoms with Crippen LogP contribution in [0, 0.1) is 0 Å². The predicted octanol–water partition coefficient (Wildman–Crippen LogP) is 2.39. The molecule has 1 aliphatic rings. The van der Waals surface area contributed by atoms with Gasteiger partial charge in [-0.25, -0.2) is 0 Å². The summed E-state index contributed by atoms with van der Waals surface area (Å²) in [5.41, 5.74) is 1.08. The van der Waals surface area contributed by atoms with Gasteiger partial charge >= 0.3 is 0 Å². The highest BCUT2D eigenvalue weighted by molar-refractivity contribution is 9.10. The maximum absolute atomic E-state index is 11.9. The van der Waals surface area contributed by atoms with Crippen LogP contribution in [0.15, 0.2) is 28.7 Å². The van der Waals surface area contributed by atoms with E-state index < -0.39 is 0 Å². The molecule has 1 amide bonds. The highest BCUT2D eigenvalue weighted by Gasteiger charge is 2.16. The molecule has 4 nitrogen and oxygen atoms in total.